The molecule has 8 heteroatoms. The molecular formula is C24H23ClN2O4S. The Morgan fingerprint density at radius 2 is 1.81 bits per heavy atom. The molecule has 2 aromatic rings. The predicted octanol–water partition coefficient (Wildman–Crippen LogP) is 6.13. The number of hydrogen-bond donors (Lipinski definition) is 0. The number of rotatable bonds is 4. The van der Waals surface area contributed by atoms with Gasteiger partial charge in [0.15, 0.2) is 5.78 Å². The van der Waals surface area contributed by atoms with Gasteiger partial charge in [0.05, 0.1) is 4.92 Å². The Morgan fingerprint density at radius 1 is 1.12 bits per heavy atom. The van der Waals surface area contributed by atoms with Gasteiger partial charge in [-0.15, -0.1) is 11.8 Å². The number of carbonyl (C=O) groups is 2. The second-order valence-corrected chi connectivity index (χ2v) is 10.3. The van der Waals surface area contributed by atoms with Crippen molar-refractivity contribution < 1.29 is 14.5 Å². The van der Waals surface area contributed by atoms with Crippen LogP contribution in [0.3, 0.4) is 0 Å². The number of nitro benzene ring substituents is 1. The summed E-state index contributed by atoms with van der Waals surface area (Å²) in [6.45, 7) is 3.95. The predicted molar refractivity (Wildman–Crippen MR) is 126 cm³/mol. The Balaban J connectivity index is 1.92. The molecule has 0 spiro atoms. The lowest BCUT2D eigenvalue weighted by atomic mass is 9.69. The first kappa shape index (κ1) is 22.6. The zero-order valence-corrected chi connectivity index (χ0v) is 19.6. The van der Waals surface area contributed by atoms with E-state index in [0.717, 1.165) is 10.5 Å². The third-order valence-corrected chi connectivity index (χ3v) is 7.01. The molecule has 0 saturated heterocycles. The Bertz CT molecular complexity index is 1160. The van der Waals surface area contributed by atoms with E-state index in [1.54, 1.807) is 11.8 Å². The lowest BCUT2D eigenvalue weighted by Crippen LogP contribution is -2.44. The Kier molecular flexibility index (Phi) is 5.90. The molecule has 0 fully saturated rings. The summed E-state index contributed by atoms with van der Waals surface area (Å²) in [5.74, 6) is -0.637. The van der Waals surface area contributed by atoms with Crippen molar-refractivity contribution in [1.82, 2.24) is 0 Å². The van der Waals surface area contributed by atoms with Gasteiger partial charge in [-0.05, 0) is 47.9 Å². The average molecular weight is 471 g/mol. The second kappa shape index (κ2) is 8.37. The highest BCUT2D eigenvalue weighted by Gasteiger charge is 2.45. The molecule has 1 atom stereocenters. The molecule has 0 aromatic heterocycles. The maximum Gasteiger partial charge on any atom is 0.294 e. The minimum atomic E-state index is -0.544. The molecule has 0 N–H and O–H groups in total. The SMILES string of the molecule is CSc1ccc(C2CC(=O)N(c3ccc(Cl)cc3[N+](=O)[O-])C3=C2C(=O)CC(C)(C)C3)cc1. The molecule has 1 unspecified atom stereocenters. The molecular weight excluding hydrogens is 448 g/mol. The van der Waals surface area contributed by atoms with Crippen LogP contribution in [-0.2, 0) is 9.59 Å². The molecule has 0 radical (unpaired) electrons. The smallest absolute Gasteiger partial charge is 0.294 e. The summed E-state index contributed by atoms with van der Waals surface area (Å²) in [6.07, 6.45) is 2.90. The Hall–Kier alpha value is -2.64. The summed E-state index contributed by atoms with van der Waals surface area (Å²) < 4.78 is 0. The molecule has 0 bridgehead atoms. The van der Waals surface area contributed by atoms with Crippen molar-refractivity contribution in [2.75, 3.05) is 11.2 Å². The van der Waals surface area contributed by atoms with E-state index in [2.05, 4.69) is 0 Å². The van der Waals surface area contributed by atoms with Crippen LogP contribution >= 0.6 is 23.4 Å². The normalized spacial score (nSPS) is 20.4. The van der Waals surface area contributed by atoms with Gasteiger partial charge in [0.1, 0.15) is 5.69 Å². The van der Waals surface area contributed by atoms with E-state index in [-0.39, 0.29) is 45.8 Å². The van der Waals surface area contributed by atoms with Crippen molar-refractivity contribution in [3.8, 4) is 0 Å². The van der Waals surface area contributed by atoms with Gasteiger partial charge in [-0.25, -0.2) is 0 Å². The molecule has 6 nitrogen and oxygen atoms in total. The van der Waals surface area contributed by atoms with Crippen LogP contribution < -0.4 is 4.90 Å². The van der Waals surface area contributed by atoms with Gasteiger partial charge in [0, 0.05) is 46.0 Å². The third kappa shape index (κ3) is 4.07. The molecule has 2 aromatic carbocycles. The summed E-state index contributed by atoms with van der Waals surface area (Å²) in [6, 6.07) is 12.1. The number of anilines is 1. The molecule has 4 rings (SSSR count). The summed E-state index contributed by atoms with van der Waals surface area (Å²) in [5, 5.41) is 12.0. The fraction of sp³-hybridized carbons (Fsp3) is 0.333. The second-order valence-electron chi connectivity index (χ2n) is 8.95. The third-order valence-electron chi connectivity index (χ3n) is 6.04. The van der Waals surface area contributed by atoms with Crippen molar-refractivity contribution >= 4 is 46.4 Å². The van der Waals surface area contributed by atoms with Crippen molar-refractivity contribution in [3.05, 3.63) is 74.4 Å². The van der Waals surface area contributed by atoms with Crippen LogP contribution in [0.15, 0.2) is 58.6 Å². The van der Waals surface area contributed by atoms with E-state index >= 15 is 0 Å². The van der Waals surface area contributed by atoms with Gasteiger partial charge in [-0.3, -0.25) is 24.6 Å². The van der Waals surface area contributed by atoms with E-state index in [4.69, 9.17) is 11.6 Å². The van der Waals surface area contributed by atoms with Gasteiger partial charge in [-0.2, -0.15) is 0 Å². The molecule has 1 heterocycles. The van der Waals surface area contributed by atoms with Gasteiger partial charge < -0.3 is 0 Å². The van der Waals surface area contributed by atoms with E-state index < -0.39 is 4.92 Å². The number of thioether (sulfide) groups is 1. The zero-order chi connectivity index (χ0) is 23.2. The van der Waals surface area contributed by atoms with Gasteiger partial charge in [-0.1, -0.05) is 37.6 Å². The fourth-order valence-corrected chi connectivity index (χ4v) is 5.22. The van der Waals surface area contributed by atoms with Crippen LogP contribution in [0.25, 0.3) is 0 Å². The quantitative estimate of drug-likeness (QED) is 0.305. The first-order chi connectivity index (χ1) is 15.1. The minimum Gasteiger partial charge on any atom is -0.294 e. The summed E-state index contributed by atoms with van der Waals surface area (Å²) >= 11 is 7.62. The Morgan fingerprint density at radius 3 is 2.44 bits per heavy atom. The van der Waals surface area contributed by atoms with Crippen LogP contribution in [0.2, 0.25) is 5.02 Å². The monoisotopic (exact) mass is 470 g/mol. The maximum atomic E-state index is 13.5. The molecule has 1 aliphatic heterocycles. The number of halogens is 1. The van der Waals surface area contributed by atoms with Crippen LogP contribution in [0, 0.1) is 15.5 Å². The molecule has 2 aliphatic rings. The standard InChI is InChI=1S/C24H23ClN2O4S/c1-24(2)12-20-23(21(28)13-24)17(14-4-7-16(32-3)8-5-14)11-22(29)26(20)18-9-6-15(25)10-19(18)27(30)31/h4-10,17H,11-13H2,1-3H3. The number of benzene rings is 2. The summed E-state index contributed by atoms with van der Waals surface area (Å²) in [5.41, 5.74) is 1.59. The summed E-state index contributed by atoms with van der Waals surface area (Å²) in [4.78, 5) is 40.5. The topological polar surface area (TPSA) is 80.5 Å². The first-order valence-corrected chi connectivity index (χ1v) is 11.9. The first-order valence-electron chi connectivity index (χ1n) is 10.3. The highest BCUT2D eigenvalue weighted by molar-refractivity contribution is 7.98. The summed E-state index contributed by atoms with van der Waals surface area (Å²) in [7, 11) is 0. The number of amides is 1. The lowest BCUT2D eigenvalue weighted by molar-refractivity contribution is -0.384. The maximum absolute atomic E-state index is 13.5. The zero-order valence-electron chi connectivity index (χ0n) is 18.1. The van der Waals surface area contributed by atoms with Crippen LogP contribution in [-0.4, -0.2) is 22.9 Å². The minimum absolute atomic E-state index is 0.00990. The van der Waals surface area contributed by atoms with Crippen molar-refractivity contribution in [2.45, 2.75) is 43.9 Å². The number of Topliss-reactive ketones (excluding diaryl/α,β-unsaturated/α-hetero) is 1. The van der Waals surface area contributed by atoms with E-state index in [1.165, 1.54) is 23.1 Å². The highest BCUT2D eigenvalue weighted by Crippen LogP contribution is 2.49. The number of nitrogens with zero attached hydrogens (tertiary/aromatic N) is 2. The largest absolute Gasteiger partial charge is 0.294 e. The molecule has 1 amide bonds. The molecule has 0 saturated carbocycles. The van der Waals surface area contributed by atoms with E-state index in [1.807, 2.05) is 44.4 Å². The fourth-order valence-electron chi connectivity index (χ4n) is 4.65. The van der Waals surface area contributed by atoms with Crippen LogP contribution in [0.4, 0.5) is 11.4 Å². The van der Waals surface area contributed by atoms with Gasteiger partial charge >= 0.3 is 0 Å². The van der Waals surface area contributed by atoms with Gasteiger partial charge in [0.2, 0.25) is 5.91 Å². The molecule has 166 valence electrons. The average Bonchev–Trinajstić information content (AvgIpc) is 2.72. The van der Waals surface area contributed by atoms with Crippen molar-refractivity contribution in [1.29, 1.82) is 0 Å². The van der Waals surface area contributed by atoms with Crippen molar-refractivity contribution in [2.24, 2.45) is 5.41 Å². The molecule has 1 aliphatic carbocycles. The Labute approximate surface area is 195 Å². The van der Waals surface area contributed by atoms with Crippen LogP contribution in [0.1, 0.15) is 44.6 Å². The van der Waals surface area contributed by atoms with Crippen LogP contribution in [0.5, 0.6) is 0 Å². The van der Waals surface area contributed by atoms with Crippen molar-refractivity contribution in [3.63, 3.8) is 0 Å². The molecule has 32 heavy (non-hydrogen) atoms. The van der Waals surface area contributed by atoms with E-state index in [9.17, 15) is 19.7 Å². The number of nitro groups is 1. The van der Waals surface area contributed by atoms with E-state index in [0.29, 0.717) is 24.1 Å². The number of carbonyl (C=O) groups excluding carboxylic acids is 2. The van der Waals surface area contributed by atoms with Gasteiger partial charge in [0.25, 0.3) is 5.69 Å². The number of allylic oxidation sites excluding steroid dienone is 2. The highest BCUT2D eigenvalue weighted by atomic mass is 35.5. The number of ketones is 1. The lowest BCUT2D eigenvalue weighted by Gasteiger charge is -2.42. The number of hydrogen-bond acceptors (Lipinski definition) is 5.